The number of alkyl halides is 1. The third kappa shape index (κ3) is 3.78. The van der Waals surface area contributed by atoms with E-state index in [-0.39, 0.29) is 13.0 Å². The molecule has 0 fully saturated rings. The van der Waals surface area contributed by atoms with Gasteiger partial charge in [0, 0.05) is 17.1 Å². The third-order valence-corrected chi connectivity index (χ3v) is 3.11. The second-order valence-electron chi connectivity index (χ2n) is 3.04. The molecule has 0 aromatic heterocycles. The van der Waals surface area contributed by atoms with Crippen LogP contribution in [0.4, 0.5) is 13.2 Å². The summed E-state index contributed by atoms with van der Waals surface area (Å²) in [6, 6.07) is 1.08. The summed E-state index contributed by atoms with van der Waals surface area (Å²) in [4.78, 5) is -0.702. The Labute approximate surface area is 101 Å². The molecule has 0 N–H and O–H groups in total. The molecule has 0 radical (unpaired) electrons. The summed E-state index contributed by atoms with van der Waals surface area (Å²) < 4.78 is 64.7. The molecule has 0 spiro atoms. The molecule has 1 aromatic carbocycles. The minimum atomic E-state index is -4.21. The van der Waals surface area contributed by atoms with E-state index < -0.39 is 38.0 Å². The van der Waals surface area contributed by atoms with Crippen molar-refractivity contribution in [2.45, 2.75) is 11.3 Å². The van der Waals surface area contributed by atoms with Crippen molar-refractivity contribution >= 4 is 19.7 Å². The summed E-state index contributed by atoms with van der Waals surface area (Å²) in [6.07, 6.45) is -0.0194. The summed E-state index contributed by atoms with van der Waals surface area (Å²) in [5.41, 5.74) is 0. The first-order valence-electron chi connectivity index (χ1n) is 4.48. The van der Waals surface area contributed by atoms with E-state index in [4.69, 9.17) is 10.7 Å². The number of rotatable bonds is 5. The van der Waals surface area contributed by atoms with Gasteiger partial charge in [0.2, 0.25) is 0 Å². The van der Waals surface area contributed by atoms with Crippen molar-refractivity contribution in [3.05, 3.63) is 23.8 Å². The Bertz CT molecular complexity index is 481. The number of halogens is 4. The highest BCUT2D eigenvalue weighted by molar-refractivity contribution is 8.13. The van der Waals surface area contributed by atoms with Crippen molar-refractivity contribution in [2.75, 3.05) is 13.3 Å². The van der Waals surface area contributed by atoms with Crippen LogP contribution in [0.1, 0.15) is 6.42 Å². The number of hydrogen-bond acceptors (Lipinski definition) is 3. The minimum Gasteiger partial charge on any atom is -0.488 e. The summed E-state index contributed by atoms with van der Waals surface area (Å²) >= 11 is 0. The zero-order valence-electron chi connectivity index (χ0n) is 8.42. The summed E-state index contributed by atoms with van der Waals surface area (Å²) in [6.45, 7) is -0.894. The third-order valence-electron chi connectivity index (χ3n) is 1.78. The first-order chi connectivity index (χ1) is 7.86. The lowest BCUT2D eigenvalue weighted by molar-refractivity contribution is 0.264. The molecule has 0 aliphatic carbocycles. The van der Waals surface area contributed by atoms with Gasteiger partial charge in [-0.1, -0.05) is 0 Å². The standard InChI is InChI=1S/C9H8ClF3O3S/c10-17(14,15)6-4-7(12)9(8(13)5-6)16-3-1-2-11/h4-5H,1-3H2. The molecule has 0 atom stereocenters. The van der Waals surface area contributed by atoms with E-state index in [9.17, 15) is 21.6 Å². The zero-order valence-corrected chi connectivity index (χ0v) is 9.99. The van der Waals surface area contributed by atoms with Crippen molar-refractivity contribution in [1.29, 1.82) is 0 Å². The maximum absolute atomic E-state index is 13.3. The topological polar surface area (TPSA) is 43.4 Å². The van der Waals surface area contributed by atoms with Gasteiger partial charge >= 0.3 is 0 Å². The molecule has 0 unspecified atom stereocenters. The van der Waals surface area contributed by atoms with Gasteiger partial charge in [0.25, 0.3) is 9.05 Å². The molecular weight excluding hydrogens is 281 g/mol. The van der Waals surface area contributed by atoms with Crippen LogP contribution in [0.15, 0.2) is 17.0 Å². The normalized spacial score (nSPS) is 11.5. The first kappa shape index (κ1) is 14.1. The molecule has 1 rings (SSSR count). The molecule has 0 saturated carbocycles. The van der Waals surface area contributed by atoms with E-state index in [1.807, 2.05) is 0 Å². The smallest absolute Gasteiger partial charge is 0.261 e. The average molecular weight is 289 g/mol. The zero-order chi connectivity index (χ0) is 13.1. The van der Waals surface area contributed by atoms with Crippen molar-refractivity contribution in [3.8, 4) is 5.75 Å². The number of benzene rings is 1. The van der Waals surface area contributed by atoms with Gasteiger partial charge in [-0.25, -0.2) is 17.2 Å². The fourth-order valence-corrected chi connectivity index (χ4v) is 1.80. The Balaban J connectivity index is 3.03. The van der Waals surface area contributed by atoms with Gasteiger partial charge in [-0.05, 0) is 12.1 Å². The van der Waals surface area contributed by atoms with Crippen LogP contribution in [0.25, 0.3) is 0 Å². The second-order valence-corrected chi connectivity index (χ2v) is 5.61. The highest BCUT2D eigenvalue weighted by Gasteiger charge is 2.18. The summed E-state index contributed by atoms with van der Waals surface area (Å²) in [5.74, 6) is -3.16. The highest BCUT2D eigenvalue weighted by Crippen LogP contribution is 2.27. The van der Waals surface area contributed by atoms with Crippen LogP contribution in [0.2, 0.25) is 0 Å². The summed E-state index contributed by atoms with van der Waals surface area (Å²) in [5, 5.41) is 0. The Hall–Kier alpha value is -0.950. The lowest BCUT2D eigenvalue weighted by atomic mass is 10.3. The Kier molecular flexibility index (Phi) is 4.64. The summed E-state index contributed by atoms with van der Waals surface area (Å²) in [7, 11) is 0.717. The second kappa shape index (κ2) is 5.59. The first-order valence-corrected chi connectivity index (χ1v) is 6.79. The molecule has 96 valence electrons. The minimum absolute atomic E-state index is 0.0194. The Morgan fingerprint density at radius 2 is 1.76 bits per heavy atom. The monoisotopic (exact) mass is 288 g/mol. The van der Waals surface area contributed by atoms with Crippen molar-refractivity contribution in [3.63, 3.8) is 0 Å². The molecule has 3 nitrogen and oxygen atoms in total. The van der Waals surface area contributed by atoms with Gasteiger partial charge in [0.15, 0.2) is 17.4 Å². The van der Waals surface area contributed by atoms with Crippen LogP contribution in [0.3, 0.4) is 0 Å². The molecule has 0 heterocycles. The van der Waals surface area contributed by atoms with Crippen LogP contribution in [-0.4, -0.2) is 21.7 Å². The fraction of sp³-hybridized carbons (Fsp3) is 0.333. The van der Waals surface area contributed by atoms with Crippen LogP contribution in [0, 0.1) is 11.6 Å². The maximum Gasteiger partial charge on any atom is 0.261 e. The molecule has 8 heteroatoms. The molecule has 0 aliphatic rings. The van der Waals surface area contributed by atoms with Crippen molar-refractivity contribution < 1.29 is 26.3 Å². The van der Waals surface area contributed by atoms with Gasteiger partial charge < -0.3 is 4.74 Å². The van der Waals surface area contributed by atoms with E-state index in [2.05, 4.69) is 4.74 Å². The van der Waals surface area contributed by atoms with E-state index >= 15 is 0 Å². The molecule has 0 saturated heterocycles. The van der Waals surface area contributed by atoms with E-state index in [0.29, 0.717) is 12.1 Å². The van der Waals surface area contributed by atoms with E-state index in [1.165, 1.54) is 0 Å². The predicted molar refractivity (Wildman–Crippen MR) is 55.5 cm³/mol. The SMILES string of the molecule is O=S(=O)(Cl)c1cc(F)c(OCCCF)c(F)c1. The predicted octanol–water partition coefficient (Wildman–Crippen LogP) is 2.63. The van der Waals surface area contributed by atoms with Crippen molar-refractivity contribution in [1.82, 2.24) is 0 Å². The van der Waals surface area contributed by atoms with Crippen LogP contribution < -0.4 is 4.74 Å². The lowest BCUT2D eigenvalue weighted by Gasteiger charge is -2.08. The van der Waals surface area contributed by atoms with Crippen LogP contribution >= 0.6 is 10.7 Å². The van der Waals surface area contributed by atoms with Gasteiger partial charge in [-0.2, -0.15) is 0 Å². The molecular formula is C9H8ClF3O3S. The lowest BCUT2D eigenvalue weighted by Crippen LogP contribution is -2.04. The van der Waals surface area contributed by atoms with Gasteiger partial charge in [0.1, 0.15) is 0 Å². The molecule has 0 bridgehead atoms. The quantitative estimate of drug-likeness (QED) is 0.618. The largest absolute Gasteiger partial charge is 0.488 e. The van der Waals surface area contributed by atoms with Gasteiger partial charge in [0.05, 0.1) is 18.2 Å². The Morgan fingerprint density at radius 1 is 1.24 bits per heavy atom. The van der Waals surface area contributed by atoms with Crippen LogP contribution in [-0.2, 0) is 9.05 Å². The van der Waals surface area contributed by atoms with E-state index in [0.717, 1.165) is 0 Å². The molecule has 0 amide bonds. The average Bonchev–Trinajstić information content (AvgIpc) is 2.20. The van der Waals surface area contributed by atoms with Gasteiger partial charge in [-0.3, -0.25) is 4.39 Å². The molecule has 17 heavy (non-hydrogen) atoms. The Morgan fingerprint density at radius 3 is 2.18 bits per heavy atom. The molecule has 0 aliphatic heterocycles. The molecule has 1 aromatic rings. The van der Waals surface area contributed by atoms with Crippen LogP contribution in [0.5, 0.6) is 5.75 Å². The number of ether oxygens (including phenoxy) is 1. The highest BCUT2D eigenvalue weighted by atomic mass is 35.7. The van der Waals surface area contributed by atoms with Gasteiger partial charge in [-0.15, -0.1) is 0 Å². The number of hydrogen-bond donors (Lipinski definition) is 0. The fourth-order valence-electron chi connectivity index (χ4n) is 1.04. The maximum atomic E-state index is 13.3. The van der Waals surface area contributed by atoms with Crippen molar-refractivity contribution in [2.24, 2.45) is 0 Å². The van der Waals surface area contributed by atoms with E-state index in [1.54, 1.807) is 0 Å².